The lowest BCUT2D eigenvalue weighted by Crippen LogP contribution is -2.13. The fourth-order valence-corrected chi connectivity index (χ4v) is 2.11. The van der Waals surface area contributed by atoms with Crippen LogP contribution in [0.4, 0.5) is 0 Å². The summed E-state index contributed by atoms with van der Waals surface area (Å²) in [6.45, 7) is 1.99. The Bertz CT molecular complexity index is 828. The Morgan fingerprint density at radius 1 is 1.22 bits per heavy atom. The van der Waals surface area contributed by atoms with Crippen LogP contribution in [0, 0.1) is 6.92 Å². The largest absolute Gasteiger partial charge is 0.485 e. The van der Waals surface area contributed by atoms with Crippen LogP contribution >= 0.6 is 0 Å². The molecule has 23 heavy (non-hydrogen) atoms. The minimum Gasteiger partial charge on any atom is -0.485 e. The number of nitrogens with two attached hydrogens (primary N) is 1. The summed E-state index contributed by atoms with van der Waals surface area (Å²) < 4.78 is 10.8. The summed E-state index contributed by atoms with van der Waals surface area (Å²) in [4.78, 5) is 15.7. The van der Waals surface area contributed by atoms with E-state index in [9.17, 15) is 4.79 Å². The van der Waals surface area contributed by atoms with Crippen molar-refractivity contribution in [1.82, 2.24) is 10.1 Å². The summed E-state index contributed by atoms with van der Waals surface area (Å²) in [5.41, 5.74) is 7.46. The molecule has 0 unspecified atom stereocenters. The molecule has 6 nitrogen and oxygen atoms in total. The maximum absolute atomic E-state index is 11.4. The molecule has 0 fully saturated rings. The number of carbonyl (C=O) groups is 1. The Morgan fingerprint density at radius 2 is 2.00 bits per heavy atom. The number of aromatic nitrogens is 2. The van der Waals surface area contributed by atoms with Crippen molar-refractivity contribution in [2.75, 3.05) is 0 Å². The fraction of sp³-hybridized carbons (Fsp3) is 0.118. The molecule has 0 radical (unpaired) electrons. The van der Waals surface area contributed by atoms with Crippen LogP contribution in [0.25, 0.3) is 11.5 Å². The Morgan fingerprint density at radius 3 is 2.74 bits per heavy atom. The van der Waals surface area contributed by atoms with Gasteiger partial charge in [-0.05, 0) is 36.8 Å². The Labute approximate surface area is 132 Å². The number of nitrogens with zero attached hydrogens (tertiary/aromatic N) is 2. The molecule has 3 rings (SSSR count). The minimum absolute atomic E-state index is 0.0834. The van der Waals surface area contributed by atoms with E-state index in [1.165, 1.54) is 0 Å². The van der Waals surface area contributed by atoms with E-state index in [-0.39, 0.29) is 6.61 Å². The predicted octanol–water partition coefficient (Wildman–Crippen LogP) is 2.72. The van der Waals surface area contributed by atoms with Crippen molar-refractivity contribution in [2.24, 2.45) is 5.73 Å². The normalized spacial score (nSPS) is 10.5. The summed E-state index contributed by atoms with van der Waals surface area (Å²) in [6, 6.07) is 14.6. The highest BCUT2D eigenvalue weighted by atomic mass is 16.5. The van der Waals surface area contributed by atoms with E-state index in [1.54, 1.807) is 18.2 Å². The number of hydrogen-bond donors (Lipinski definition) is 1. The first-order valence-electron chi connectivity index (χ1n) is 7.05. The Kier molecular flexibility index (Phi) is 4.05. The summed E-state index contributed by atoms with van der Waals surface area (Å²) in [7, 11) is 0. The highest BCUT2D eigenvalue weighted by Crippen LogP contribution is 2.21. The van der Waals surface area contributed by atoms with Gasteiger partial charge in [0.05, 0.1) is 5.56 Å². The molecule has 6 heteroatoms. The van der Waals surface area contributed by atoms with Gasteiger partial charge in [-0.2, -0.15) is 4.98 Å². The van der Waals surface area contributed by atoms with Crippen LogP contribution in [0.15, 0.2) is 53.1 Å². The highest BCUT2D eigenvalue weighted by Gasteiger charge is 2.12. The summed E-state index contributed by atoms with van der Waals surface area (Å²) in [5.74, 6) is 0.672. The quantitative estimate of drug-likeness (QED) is 0.782. The van der Waals surface area contributed by atoms with Crippen LogP contribution < -0.4 is 10.5 Å². The van der Waals surface area contributed by atoms with Crippen molar-refractivity contribution in [2.45, 2.75) is 13.5 Å². The van der Waals surface area contributed by atoms with Gasteiger partial charge in [-0.1, -0.05) is 29.4 Å². The lowest BCUT2D eigenvalue weighted by atomic mass is 10.1. The lowest BCUT2D eigenvalue weighted by Gasteiger charge is -2.08. The van der Waals surface area contributed by atoms with Gasteiger partial charge in [-0.25, -0.2) is 0 Å². The summed E-state index contributed by atoms with van der Waals surface area (Å²) in [5, 5.41) is 3.88. The zero-order valence-corrected chi connectivity index (χ0v) is 12.5. The second-order valence-electron chi connectivity index (χ2n) is 5.03. The van der Waals surface area contributed by atoms with Crippen molar-refractivity contribution in [1.29, 1.82) is 0 Å². The standard InChI is InChI=1S/C17H15N3O3/c1-11-7-8-13(16(18)21)14(9-11)22-10-15-19-17(23-20-15)12-5-3-2-4-6-12/h2-9H,10H2,1H3,(H2,18,21). The van der Waals surface area contributed by atoms with Crippen molar-refractivity contribution < 1.29 is 14.1 Å². The molecule has 2 N–H and O–H groups in total. The van der Waals surface area contributed by atoms with Crippen molar-refractivity contribution in [3.05, 3.63) is 65.5 Å². The zero-order valence-electron chi connectivity index (χ0n) is 12.5. The Balaban J connectivity index is 1.76. The molecular formula is C17H15N3O3. The minimum atomic E-state index is -0.543. The zero-order chi connectivity index (χ0) is 16.2. The van der Waals surface area contributed by atoms with Gasteiger partial charge in [-0.3, -0.25) is 4.79 Å². The molecule has 3 aromatic rings. The average Bonchev–Trinajstić information content (AvgIpc) is 3.02. The first-order chi connectivity index (χ1) is 11.1. The molecule has 0 saturated carbocycles. The Hall–Kier alpha value is -3.15. The molecule has 1 heterocycles. The molecular weight excluding hydrogens is 294 g/mol. The van der Waals surface area contributed by atoms with Crippen molar-refractivity contribution >= 4 is 5.91 Å². The maximum atomic E-state index is 11.4. The van der Waals surface area contributed by atoms with Crippen molar-refractivity contribution in [3.8, 4) is 17.2 Å². The van der Waals surface area contributed by atoms with E-state index in [0.29, 0.717) is 23.0 Å². The highest BCUT2D eigenvalue weighted by molar-refractivity contribution is 5.95. The maximum Gasteiger partial charge on any atom is 0.258 e. The van der Waals surface area contributed by atoms with Gasteiger partial charge in [0.25, 0.3) is 11.8 Å². The first-order valence-corrected chi connectivity index (χ1v) is 7.05. The SMILES string of the molecule is Cc1ccc(C(N)=O)c(OCc2noc(-c3ccccc3)n2)c1. The number of aryl methyl sites for hydroxylation is 1. The molecule has 0 bridgehead atoms. The van der Waals surface area contributed by atoms with Crippen LogP contribution in [0.3, 0.4) is 0 Å². The van der Waals surface area contributed by atoms with Gasteiger partial charge < -0.3 is 15.0 Å². The molecule has 2 aromatic carbocycles. The van der Waals surface area contributed by atoms with Crippen molar-refractivity contribution in [3.63, 3.8) is 0 Å². The fourth-order valence-electron chi connectivity index (χ4n) is 2.11. The van der Waals surface area contributed by atoms with E-state index in [1.807, 2.05) is 37.3 Å². The van der Waals surface area contributed by atoms with Gasteiger partial charge in [0, 0.05) is 5.56 Å². The number of amides is 1. The van der Waals surface area contributed by atoms with Gasteiger partial charge >= 0.3 is 0 Å². The third kappa shape index (κ3) is 3.37. The van der Waals surface area contributed by atoms with Gasteiger partial charge in [0.2, 0.25) is 5.82 Å². The number of benzene rings is 2. The van der Waals surface area contributed by atoms with Gasteiger partial charge in [0.15, 0.2) is 6.61 Å². The first kappa shape index (κ1) is 14.8. The smallest absolute Gasteiger partial charge is 0.258 e. The number of ether oxygens (including phenoxy) is 1. The van der Waals surface area contributed by atoms with Crippen LogP contribution in [-0.2, 0) is 6.61 Å². The van der Waals surface area contributed by atoms with E-state index in [0.717, 1.165) is 11.1 Å². The van der Waals surface area contributed by atoms with Gasteiger partial charge in [0.1, 0.15) is 5.75 Å². The average molecular weight is 309 g/mol. The number of primary amides is 1. The molecule has 1 amide bonds. The summed E-state index contributed by atoms with van der Waals surface area (Å²) >= 11 is 0. The van der Waals surface area contributed by atoms with Crippen LogP contribution in [0.1, 0.15) is 21.7 Å². The molecule has 0 aliphatic heterocycles. The molecule has 0 saturated heterocycles. The molecule has 1 aromatic heterocycles. The third-order valence-electron chi connectivity index (χ3n) is 3.25. The van der Waals surface area contributed by atoms with Gasteiger partial charge in [-0.15, -0.1) is 0 Å². The number of carbonyl (C=O) groups excluding carboxylic acids is 1. The van der Waals surface area contributed by atoms with Crippen LogP contribution in [-0.4, -0.2) is 16.0 Å². The molecule has 116 valence electrons. The molecule has 0 atom stereocenters. The van der Waals surface area contributed by atoms with E-state index < -0.39 is 5.91 Å². The predicted molar refractivity (Wildman–Crippen MR) is 83.8 cm³/mol. The third-order valence-corrected chi connectivity index (χ3v) is 3.25. The molecule has 0 spiro atoms. The van der Waals surface area contributed by atoms with Crippen LogP contribution in [0.5, 0.6) is 5.75 Å². The number of hydrogen-bond acceptors (Lipinski definition) is 5. The number of rotatable bonds is 5. The van der Waals surface area contributed by atoms with E-state index in [4.69, 9.17) is 15.0 Å². The van der Waals surface area contributed by atoms with E-state index in [2.05, 4.69) is 10.1 Å². The molecule has 0 aliphatic carbocycles. The monoisotopic (exact) mass is 309 g/mol. The summed E-state index contributed by atoms with van der Waals surface area (Å²) in [6.07, 6.45) is 0. The van der Waals surface area contributed by atoms with Crippen LogP contribution in [0.2, 0.25) is 0 Å². The second kappa shape index (κ2) is 6.31. The lowest BCUT2D eigenvalue weighted by molar-refractivity contribution is 0.0995. The second-order valence-corrected chi connectivity index (χ2v) is 5.03. The topological polar surface area (TPSA) is 91.2 Å². The van der Waals surface area contributed by atoms with E-state index >= 15 is 0 Å². The molecule has 0 aliphatic rings.